The summed E-state index contributed by atoms with van der Waals surface area (Å²) in [5.74, 6) is 0.619. The minimum atomic E-state index is -3.61. The van der Waals surface area contributed by atoms with Crippen LogP contribution in [0.15, 0.2) is 77.7 Å². The molecular weight excluding hydrogens is 436 g/mol. The molecule has 1 aliphatic rings. The maximum atomic E-state index is 13.1. The van der Waals surface area contributed by atoms with Crippen molar-refractivity contribution in [2.24, 2.45) is 0 Å². The predicted molar refractivity (Wildman–Crippen MR) is 128 cm³/mol. The zero-order valence-corrected chi connectivity index (χ0v) is 19.6. The largest absolute Gasteiger partial charge is 0.493 e. The first-order valence-electron chi connectivity index (χ1n) is 11.1. The van der Waals surface area contributed by atoms with Crippen LogP contribution in [0, 0.1) is 0 Å². The lowest BCUT2D eigenvalue weighted by atomic mass is 9.94. The summed E-state index contributed by atoms with van der Waals surface area (Å²) in [6, 6.07) is 21.2. The van der Waals surface area contributed by atoms with Gasteiger partial charge in [0.25, 0.3) is 5.91 Å². The molecule has 1 unspecified atom stereocenters. The van der Waals surface area contributed by atoms with Gasteiger partial charge in [0, 0.05) is 11.6 Å². The molecular formula is C26H28N2O4S. The number of fused-ring (bicyclic) bond motifs is 1. The van der Waals surface area contributed by atoms with Crippen molar-refractivity contribution in [2.45, 2.75) is 43.7 Å². The summed E-state index contributed by atoms with van der Waals surface area (Å²) in [6.07, 6.45) is 1.92. The van der Waals surface area contributed by atoms with Gasteiger partial charge in [-0.2, -0.15) is 0 Å². The number of benzene rings is 3. The minimum absolute atomic E-state index is 0.127. The van der Waals surface area contributed by atoms with Crippen LogP contribution in [0.1, 0.15) is 53.4 Å². The highest BCUT2D eigenvalue weighted by Crippen LogP contribution is 2.30. The van der Waals surface area contributed by atoms with Crippen LogP contribution in [-0.2, 0) is 16.4 Å². The third kappa shape index (κ3) is 5.43. The number of aryl methyl sites for hydroxylation is 1. The molecule has 0 aromatic heterocycles. The van der Waals surface area contributed by atoms with E-state index in [0.717, 1.165) is 41.9 Å². The number of sulfonamides is 1. The van der Waals surface area contributed by atoms with Gasteiger partial charge in [-0.3, -0.25) is 4.79 Å². The van der Waals surface area contributed by atoms with Gasteiger partial charge >= 0.3 is 0 Å². The van der Waals surface area contributed by atoms with Gasteiger partial charge in [0.05, 0.1) is 17.5 Å². The molecule has 0 spiro atoms. The Morgan fingerprint density at radius 3 is 2.36 bits per heavy atom. The fraction of sp³-hybridized carbons (Fsp3) is 0.269. The van der Waals surface area contributed by atoms with Crippen LogP contribution in [0.3, 0.4) is 0 Å². The first-order valence-corrected chi connectivity index (χ1v) is 12.6. The van der Waals surface area contributed by atoms with Crippen LogP contribution in [0.25, 0.3) is 0 Å². The SMILES string of the molecule is CC(C)NS(=O)(=O)c1ccc(C(=O)NC(c2ccccc2)c2ccc3c(c2)CCCO3)cc1. The van der Waals surface area contributed by atoms with E-state index in [9.17, 15) is 13.2 Å². The number of ether oxygens (including phenoxy) is 1. The van der Waals surface area contributed by atoms with Crippen LogP contribution in [0.4, 0.5) is 0 Å². The van der Waals surface area contributed by atoms with Crippen molar-refractivity contribution in [2.75, 3.05) is 6.61 Å². The first-order chi connectivity index (χ1) is 15.8. The molecule has 6 nitrogen and oxygen atoms in total. The normalized spacial score (nSPS) is 14.3. The third-order valence-electron chi connectivity index (χ3n) is 5.49. The van der Waals surface area contributed by atoms with Gasteiger partial charge in [0.2, 0.25) is 10.0 Å². The van der Waals surface area contributed by atoms with Crippen LogP contribution in [0.5, 0.6) is 5.75 Å². The maximum absolute atomic E-state index is 13.1. The molecule has 0 radical (unpaired) electrons. The van der Waals surface area contributed by atoms with E-state index >= 15 is 0 Å². The smallest absolute Gasteiger partial charge is 0.252 e. The van der Waals surface area contributed by atoms with Crippen molar-refractivity contribution in [3.8, 4) is 5.75 Å². The lowest BCUT2D eigenvalue weighted by Gasteiger charge is -2.23. The fourth-order valence-electron chi connectivity index (χ4n) is 3.94. The van der Waals surface area contributed by atoms with E-state index in [0.29, 0.717) is 5.56 Å². The maximum Gasteiger partial charge on any atom is 0.252 e. The lowest BCUT2D eigenvalue weighted by Crippen LogP contribution is -2.31. The molecule has 0 saturated heterocycles. The van der Waals surface area contributed by atoms with E-state index in [1.165, 1.54) is 24.3 Å². The van der Waals surface area contributed by atoms with Gasteiger partial charge in [-0.15, -0.1) is 0 Å². The summed E-state index contributed by atoms with van der Waals surface area (Å²) in [6.45, 7) is 4.25. The Kier molecular flexibility index (Phi) is 6.81. The predicted octanol–water partition coefficient (Wildman–Crippen LogP) is 4.22. The molecule has 3 aromatic carbocycles. The number of hydrogen-bond acceptors (Lipinski definition) is 4. The quantitative estimate of drug-likeness (QED) is 0.548. The zero-order chi connectivity index (χ0) is 23.4. The Bertz CT molecular complexity index is 1220. The number of carbonyl (C=O) groups is 1. The molecule has 0 aliphatic carbocycles. The topological polar surface area (TPSA) is 84.5 Å². The van der Waals surface area contributed by atoms with Crippen LogP contribution >= 0.6 is 0 Å². The number of nitrogens with one attached hydrogen (secondary N) is 2. The van der Waals surface area contributed by atoms with E-state index in [1.807, 2.05) is 42.5 Å². The van der Waals surface area contributed by atoms with E-state index in [-0.39, 0.29) is 22.9 Å². The summed E-state index contributed by atoms with van der Waals surface area (Å²) in [5.41, 5.74) is 3.46. The fourth-order valence-corrected chi connectivity index (χ4v) is 5.19. The average Bonchev–Trinajstić information content (AvgIpc) is 2.82. The molecule has 4 rings (SSSR count). The van der Waals surface area contributed by atoms with Crippen LogP contribution < -0.4 is 14.8 Å². The molecule has 1 heterocycles. The number of amides is 1. The second kappa shape index (κ2) is 9.77. The molecule has 0 saturated carbocycles. The molecule has 2 N–H and O–H groups in total. The van der Waals surface area contributed by atoms with Gasteiger partial charge in [0.15, 0.2) is 0 Å². The highest BCUT2D eigenvalue weighted by molar-refractivity contribution is 7.89. The number of carbonyl (C=O) groups excluding carboxylic acids is 1. The van der Waals surface area contributed by atoms with E-state index in [4.69, 9.17) is 4.74 Å². The second-order valence-corrected chi connectivity index (χ2v) is 10.2. The van der Waals surface area contributed by atoms with Crippen molar-refractivity contribution >= 4 is 15.9 Å². The van der Waals surface area contributed by atoms with Gasteiger partial charge < -0.3 is 10.1 Å². The Balaban J connectivity index is 1.60. The summed E-state index contributed by atoms with van der Waals surface area (Å²) in [5, 5.41) is 3.12. The monoisotopic (exact) mass is 464 g/mol. The van der Waals surface area contributed by atoms with E-state index < -0.39 is 10.0 Å². The van der Waals surface area contributed by atoms with Crippen molar-refractivity contribution in [1.29, 1.82) is 0 Å². The van der Waals surface area contributed by atoms with Crippen molar-refractivity contribution in [3.63, 3.8) is 0 Å². The van der Waals surface area contributed by atoms with Crippen LogP contribution in [0.2, 0.25) is 0 Å². The molecule has 7 heteroatoms. The van der Waals surface area contributed by atoms with Crippen molar-refractivity contribution in [3.05, 3.63) is 95.1 Å². The van der Waals surface area contributed by atoms with Gasteiger partial charge in [0.1, 0.15) is 5.75 Å². The lowest BCUT2D eigenvalue weighted by molar-refractivity contribution is 0.0943. The van der Waals surface area contributed by atoms with Crippen LogP contribution in [-0.4, -0.2) is 27.0 Å². The molecule has 1 aliphatic heterocycles. The first kappa shape index (κ1) is 23.0. The molecule has 1 amide bonds. The Labute approximate surface area is 195 Å². The number of hydrogen-bond donors (Lipinski definition) is 2. The summed E-state index contributed by atoms with van der Waals surface area (Å²) in [4.78, 5) is 13.3. The molecule has 3 aromatic rings. The summed E-state index contributed by atoms with van der Waals surface area (Å²) >= 11 is 0. The highest BCUT2D eigenvalue weighted by atomic mass is 32.2. The van der Waals surface area contributed by atoms with Crippen molar-refractivity contribution in [1.82, 2.24) is 10.0 Å². The minimum Gasteiger partial charge on any atom is -0.493 e. The number of rotatable bonds is 7. The Hall–Kier alpha value is -3.16. The molecule has 33 heavy (non-hydrogen) atoms. The summed E-state index contributed by atoms with van der Waals surface area (Å²) < 4.78 is 33.0. The zero-order valence-electron chi connectivity index (χ0n) is 18.7. The van der Waals surface area contributed by atoms with Gasteiger partial charge in [-0.05, 0) is 79.8 Å². The van der Waals surface area contributed by atoms with Gasteiger partial charge in [-0.25, -0.2) is 13.1 Å². The van der Waals surface area contributed by atoms with Crippen molar-refractivity contribution < 1.29 is 17.9 Å². The van der Waals surface area contributed by atoms with Gasteiger partial charge in [-0.1, -0.05) is 36.4 Å². The highest BCUT2D eigenvalue weighted by Gasteiger charge is 2.21. The standard InChI is InChI=1S/C26H28N2O4S/c1-18(2)28-33(30,31)23-13-10-20(11-14-23)26(29)27-25(19-7-4-3-5-8-19)22-12-15-24-21(17-22)9-6-16-32-24/h3-5,7-8,10-15,17-18,25,28H,6,9,16H2,1-2H3,(H,27,29). The average molecular weight is 465 g/mol. The molecule has 172 valence electrons. The molecule has 1 atom stereocenters. The molecule has 0 fully saturated rings. The second-order valence-electron chi connectivity index (χ2n) is 8.44. The third-order valence-corrected chi connectivity index (χ3v) is 7.17. The Morgan fingerprint density at radius 1 is 0.939 bits per heavy atom. The van der Waals surface area contributed by atoms with E-state index in [1.54, 1.807) is 13.8 Å². The van der Waals surface area contributed by atoms with E-state index in [2.05, 4.69) is 16.1 Å². The molecule has 0 bridgehead atoms. The summed E-state index contributed by atoms with van der Waals surface area (Å²) in [7, 11) is -3.61. The Morgan fingerprint density at radius 2 is 1.67 bits per heavy atom.